The van der Waals surface area contributed by atoms with Gasteiger partial charge in [0, 0.05) is 26.2 Å². The highest BCUT2D eigenvalue weighted by Gasteiger charge is 2.63. The lowest BCUT2D eigenvalue weighted by Gasteiger charge is -2.62. The predicted molar refractivity (Wildman–Crippen MR) is 129 cm³/mol. The summed E-state index contributed by atoms with van der Waals surface area (Å²) in [7, 11) is 0. The van der Waals surface area contributed by atoms with E-state index in [0.717, 1.165) is 32.1 Å². The van der Waals surface area contributed by atoms with Crippen molar-refractivity contribution in [3.63, 3.8) is 0 Å². The summed E-state index contributed by atoms with van der Waals surface area (Å²) in [5.74, 6) is 2.34. The minimum Gasteiger partial charge on any atom is -0.463 e. The summed E-state index contributed by atoms with van der Waals surface area (Å²) >= 11 is 0. The maximum atomic E-state index is 12.2. The van der Waals surface area contributed by atoms with E-state index in [4.69, 9.17) is 15.2 Å². The minimum absolute atomic E-state index is 0.0130. The quantitative estimate of drug-likeness (QED) is 0.544. The highest BCUT2D eigenvalue weighted by Crippen LogP contribution is 2.68. The number of nitrogens with two attached hydrogens (primary N) is 1. The third kappa shape index (κ3) is 4.51. The molecule has 4 rings (SSSR count). The number of fused-ring (bicyclic) bond motifs is 5. The number of esters is 2. The molecular formula is C28H45NO5. The van der Waals surface area contributed by atoms with Crippen molar-refractivity contribution in [1.82, 2.24) is 0 Å². The van der Waals surface area contributed by atoms with Crippen molar-refractivity contribution in [2.75, 3.05) is 0 Å². The van der Waals surface area contributed by atoms with Gasteiger partial charge in [-0.3, -0.25) is 14.4 Å². The second kappa shape index (κ2) is 9.46. The van der Waals surface area contributed by atoms with E-state index in [2.05, 4.69) is 20.8 Å². The Bertz CT molecular complexity index is 813. The Hall–Kier alpha value is -1.59. The average Bonchev–Trinajstić information content (AvgIpc) is 3.09. The molecule has 0 aromatic carbocycles. The van der Waals surface area contributed by atoms with Crippen molar-refractivity contribution < 1.29 is 23.9 Å². The first-order chi connectivity index (χ1) is 16.0. The average molecular weight is 476 g/mol. The van der Waals surface area contributed by atoms with Crippen LogP contribution in [-0.4, -0.2) is 30.1 Å². The SMILES string of the molecule is CC(=O)O[C@@H]1CC[C@@]2(C)[C@@H](C1)C[C@H](OC(C)=O)[C@@H]1[C@@H]2CC[C@]2(C)[C@@H]([C@H](C)CCC(N)=O)CC[C@@H]12. The molecular weight excluding hydrogens is 430 g/mol. The number of rotatable bonds is 6. The van der Waals surface area contributed by atoms with E-state index in [1.54, 1.807) is 0 Å². The van der Waals surface area contributed by atoms with Gasteiger partial charge in [-0.2, -0.15) is 0 Å². The summed E-state index contributed by atoms with van der Waals surface area (Å²) in [6, 6.07) is 0. The van der Waals surface area contributed by atoms with Gasteiger partial charge >= 0.3 is 11.9 Å². The van der Waals surface area contributed by atoms with Gasteiger partial charge in [-0.25, -0.2) is 0 Å². The van der Waals surface area contributed by atoms with Crippen LogP contribution in [0.25, 0.3) is 0 Å². The molecule has 6 heteroatoms. The summed E-state index contributed by atoms with van der Waals surface area (Å²) in [5.41, 5.74) is 5.87. The molecule has 4 fully saturated rings. The van der Waals surface area contributed by atoms with Crippen LogP contribution in [0.15, 0.2) is 0 Å². The Morgan fingerprint density at radius 1 is 0.912 bits per heavy atom. The summed E-state index contributed by atoms with van der Waals surface area (Å²) in [6.45, 7) is 10.3. The molecule has 0 aromatic heterocycles. The third-order valence-electron chi connectivity index (χ3n) is 10.9. The number of carbonyl (C=O) groups is 3. The smallest absolute Gasteiger partial charge is 0.302 e. The minimum atomic E-state index is -0.208. The number of hydrogen-bond acceptors (Lipinski definition) is 5. The first kappa shape index (κ1) is 25.5. The predicted octanol–water partition coefficient (Wildman–Crippen LogP) is 5.02. The molecule has 2 N–H and O–H groups in total. The van der Waals surface area contributed by atoms with Crippen LogP contribution in [0.5, 0.6) is 0 Å². The Morgan fingerprint density at radius 3 is 2.21 bits per heavy atom. The third-order valence-corrected chi connectivity index (χ3v) is 10.9. The Morgan fingerprint density at radius 2 is 1.56 bits per heavy atom. The van der Waals surface area contributed by atoms with Crippen LogP contribution >= 0.6 is 0 Å². The van der Waals surface area contributed by atoms with E-state index in [1.807, 2.05) is 0 Å². The van der Waals surface area contributed by atoms with Crippen molar-refractivity contribution in [2.45, 2.75) is 111 Å². The van der Waals surface area contributed by atoms with E-state index < -0.39 is 0 Å². The second-order valence-corrected chi connectivity index (χ2v) is 12.6. The number of amides is 1. The van der Waals surface area contributed by atoms with E-state index >= 15 is 0 Å². The standard InChI is InChI=1S/C28H45NO5/c1-16(6-9-25(29)32)21-7-8-22-26-23(11-13-28(21,22)5)27(4)12-10-20(33-17(2)30)14-19(27)15-24(26)34-18(3)31/h16,19-24,26H,6-15H2,1-5H3,(H2,29,32)/t16-,19+,20-,21-,22+,23+,24+,26+,27+,28-/m1/s1. The van der Waals surface area contributed by atoms with Crippen molar-refractivity contribution >= 4 is 17.8 Å². The Labute approximate surface area is 205 Å². The molecule has 0 bridgehead atoms. The maximum Gasteiger partial charge on any atom is 0.302 e. The fraction of sp³-hybridized carbons (Fsp3) is 0.893. The van der Waals surface area contributed by atoms with Crippen LogP contribution in [-0.2, 0) is 23.9 Å². The molecule has 4 aliphatic carbocycles. The number of carbonyl (C=O) groups excluding carboxylic acids is 3. The van der Waals surface area contributed by atoms with Gasteiger partial charge in [0.1, 0.15) is 12.2 Å². The molecule has 4 saturated carbocycles. The highest BCUT2D eigenvalue weighted by atomic mass is 16.5. The first-order valence-corrected chi connectivity index (χ1v) is 13.6. The van der Waals surface area contributed by atoms with Crippen molar-refractivity contribution in [3.8, 4) is 0 Å². The maximum absolute atomic E-state index is 12.2. The second-order valence-electron chi connectivity index (χ2n) is 12.6. The molecule has 0 saturated heterocycles. The molecule has 0 spiro atoms. The van der Waals surface area contributed by atoms with Gasteiger partial charge < -0.3 is 15.2 Å². The number of primary amides is 1. The molecule has 0 heterocycles. The zero-order chi connectivity index (χ0) is 24.8. The molecule has 6 nitrogen and oxygen atoms in total. The monoisotopic (exact) mass is 475 g/mol. The number of hydrogen-bond donors (Lipinski definition) is 1. The lowest BCUT2D eigenvalue weighted by molar-refractivity contribution is -0.197. The zero-order valence-corrected chi connectivity index (χ0v) is 21.8. The largest absolute Gasteiger partial charge is 0.463 e. The summed E-state index contributed by atoms with van der Waals surface area (Å²) in [6.07, 6.45) is 9.76. The van der Waals surface area contributed by atoms with Crippen LogP contribution in [0.3, 0.4) is 0 Å². The van der Waals surface area contributed by atoms with Crippen LogP contribution in [0.2, 0.25) is 0 Å². The lowest BCUT2D eigenvalue weighted by atomic mass is 9.43. The van der Waals surface area contributed by atoms with E-state index in [1.165, 1.54) is 39.5 Å². The van der Waals surface area contributed by atoms with Gasteiger partial charge in [-0.1, -0.05) is 20.8 Å². The van der Waals surface area contributed by atoms with Gasteiger partial charge in [-0.05, 0) is 98.2 Å². The highest BCUT2D eigenvalue weighted by molar-refractivity contribution is 5.73. The summed E-state index contributed by atoms with van der Waals surface area (Å²) in [5, 5.41) is 0. The number of ether oxygens (including phenoxy) is 2. The van der Waals surface area contributed by atoms with Crippen LogP contribution in [0, 0.1) is 46.3 Å². The van der Waals surface area contributed by atoms with Gasteiger partial charge in [-0.15, -0.1) is 0 Å². The van der Waals surface area contributed by atoms with Crippen molar-refractivity contribution in [3.05, 3.63) is 0 Å². The summed E-state index contributed by atoms with van der Waals surface area (Å²) in [4.78, 5) is 35.2. The van der Waals surface area contributed by atoms with Crippen LogP contribution in [0.4, 0.5) is 0 Å². The van der Waals surface area contributed by atoms with Gasteiger partial charge in [0.2, 0.25) is 5.91 Å². The van der Waals surface area contributed by atoms with Crippen molar-refractivity contribution in [1.29, 1.82) is 0 Å². The fourth-order valence-electron chi connectivity index (χ4n) is 9.38. The fourth-order valence-corrected chi connectivity index (χ4v) is 9.38. The lowest BCUT2D eigenvalue weighted by Crippen LogP contribution is -2.59. The Balaban J connectivity index is 1.59. The van der Waals surface area contributed by atoms with Crippen LogP contribution in [0.1, 0.15) is 98.8 Å². The molecule has 0 unspecified atom stereocenters. The zero-order valence-electron chi connectivity index (χ0n) is 21.8. The van der Waals surface area contributed by atoms with Gasteiger partial charge in [0.05, 0.1) is 0 Å². The van der Waals surface area contributed by atoms with Gasteiger partial charge in [0.15, 0.2) is 0 Å². The molecule has 0 aliphatic heterocycles. The molecule has 10 atom stereocenters. The van der Waals surface area contributed by atoms with Crippen molar-refractivity contribution in [2.24, 2.45) is 52.1 Å². The van der Waals surface area contributed by atoms with E-state index in [0.29, 0.717) is 41.9 Å². The van der Waals surface area contributed by atoms with Crippen LogP contribution < -0.4 is 5.73 Å². The van der Waals surface area contributed by atoms with Gasteiger partial charge in [0.25, 0.3) is 0 Å². The van der Waals surface area contributed by atoms with E-state index in [-0.39, 0.29) is 40.9 Å². The topological polar surface area (TPSA) is 95.7 Å². The normalized spacial score (nSPS) is 44.2. The molecule has 0 aromatic rings. The molecule has 0 radical (unpaired) electrons. The van der Waals surface area contributed by atoms with E-state index in [9.17, 15) is 14.4 Å². The Kier molecular flexibility index (Phi) is 7.10. The molecule has 192 valence electrons. The molecule has 34 heavy (non-hydrogen) atoms. The summed E-state index contributed by atoms with van der Waals surface area (Å²) < 4.78 is 11.7. The molecule has 4 aliphatic rings. The first-order valence-electron chi connectivity index (χ1n) is 13.6. The molecule has 1 amide bonds.